The molecule has 156 valence electrons. The maximum absolute atomic E-state index is 11.0. The van der Waals surface area contributed by atoms with Crippen LogP contribution in [0.3, 0.4) is 0 Å². The van der Waals surface area contributed by atoms with E-state index in [0.29, 0.717) is 12.3 Å². The molecule has 3 N–H and O–H groups in total. The van der Waals surface area contributed by atoms with Crippen LogP contribution in [0.4, 0.5) is 11.4 Å². The predicted molar refractivity (Wildman–Crippen MR) is 113 cm³/mol. The number of carbonyl (C=O) groups is 1. The highest BCUT2D eigenvalue weighted by Crippen LogP contribution is 2.27. The molecule has 1 aliphatic heterocycles. The van der Waals surface area contributed by atoms with E-state index in [1.165, 1.54) is 11.8 Å². The number of nitrogens with one attached hydrogen (secondary N) is 2. The van der Waals surface area contributed by atoms with Gasteiger partial charge in [0.2, 0.25) is 5.91 Å². The first-order chi connectivity index (χ1) is 14.0. The maximum Gasteiger partial charge on any atom is 0.221 e. The van der Waals surface area contributed by atoms with Gasteiger partial charge in [0.1, 0.15) is 30.8 Å². The Morgan fingerprint density at radius 1 is 1.17 bits per heavy atom. The summed E-state index contributed by atoms with van der Waals surface area (Å²) in [5.41, 5.74) is 1.85. The lowest BCUT2D eigenvalue weighted by molar-refractivity contribution is -0.903. The Kier molecular flexibility index (Phi) is 7.32. The third kappa shape index (κ3) is 6.10. The molecular weight excluding hydrogens is 370 g/mol. The molecule has 0 saturated carbocycles. The van der Waals surface area contributed by atoms with Crippen molar-refractivity contribution in [3.05, 3.63) is 48.5 Å². The number of aliphatic hydroxyl groups excluding tert-OH is 1. The summed E-state index contributed by atoms with van der Waals surface area (Å²) in [6.07, 6.45) is -0.530. The number of amides is 1. The molecule has 2 aromatic carbocycles. The third-order valence-corrected chi connectivity index (χ3v) is 5.04. The van der Waals surface area contributed by atoms with E-state index in [9.17, 15) is 9.90 Å². The number of hydrogen-bond acceptors (Lipinski definition) is 5. The number of hydrogen-bond donors (Lipinski definition) is 3. The lowest BCUT2D eigenvalue weighted by Gasteiger charge is -2.35. The molecule has 7 heteroatoms. The SMILES string of the molecule is COc1ccccc1N1CC[NH+](C[C@H](O)COc2ccc(NC(C)=O)cc2)CC1. The average molecular weight is 400 g/mol. The van der Waals surface area contributed by atoms with Gasteiger partial charge >= 0.3 is 0 Å². The van der Waals surface area contributed by atoms with Crippen molar-refractivity contribution in [3.63, 3.8) is 0 Å². The minimum atomic E-state index is -0.530. The first-order valence-corrected chi connectivity index (χ1v) is 9.95. The highest BCUT2D eigenvalue weighted by molar-refractivity contribution is 5.88. The number of piperazine rings is 1. The topological polar surface area (TPSA) is 75.5 Å². The van der Waals surface area contributed by atoms with Crippen LogP contribution in [0.25, 0.3) is 0 Å². The zero-order valence-electron chi connectivity index (χ0n) is 17.1. The van der Waals surface area contributed by atoms with Crippen LogP contribution in [0.2, 0.25) is 0 Å². The van der Waals surface area contributed by atoms with Crippen LogP contribution in [-0.2, 0) is 4.79 Å². The minimum Gasteiger partial charge on any atom is -0.495 e. The van der Waals surface area contributed by atoms with Crippen LogP contribution < -0.4 is 24.6 Å². The van der Waals surface area contributed by atoms with E-state index >= 15 is 0 Å². The molecule has 0 bridgehead atoms. The summed E-state index contributed by atoms with van der Waals surface area (Å²) in [7, 11) is 1.70. The minimum absolute atomic E-state index is 0.108. The summed E-state index contributed by atoms with van der Waals surface area (Å²) in [4.78, 5) is 14.8. The number of aliphatic hydroxyl groups is 1. The fourth-order valence-corrected chi connectivity index (χ4v) is 3.58. The molecule has 1 amide bonds. The van der Waals surface area contributed by atoms with E-state index in [4.69, 9.17) is 9.47 Å². The van der Waals surface area contributed by atoms with E-state index in [2.05, 4.69) is 16.3 Å². The number of benzene rings is 2. The van der Waals surface area contributed by atoms with Gasteiger partial charge in [0.05, 0.1) is 39.0 Å². The van der Waals surface area contributed by atoms with Gasteiger partial charge in [-0.25, -0.2) is 0 Å². The zero-order valence-corrected chi connectivity index (χ0v) is 17.1. The molecule has 2 aromatic rings. The second-order valence-electron chi connectivity index (χ2n) is 7.28. The van der Waals surface area contributed by atoms with Crippen molar-refractivity contribution in [1.82, 2.24) is 0 Å². The van der Waals surface area contributed by atoms with Gasteiger partial charge in [-0.05, 0) is 36.4 Å². The van der Waals surface area contributed by atoms with E-state index in [0.717, 1.165) is 43.3 Å². The van der Waals surface area contributed by atoms with Crippen LogP contribution in [0.1, 0.15) is 6.92 Å². The van der Waals surface area contributed by atoms with Gasteiger partial charge < -0.3 is 29.7 Å². The number of anilines is 2. The number of carbonyl (C=O) groups excluding carboxylic acids is 1. The van der Waals surface area contributed by atoms with Crippen LogP contribution in [0.5, 0.6) is 11.5 Å². The zero-order chi connectivity index (χ0) is 20.6. The standard InChI is InChI=1S/C22H29N3O4/c1-17(26)23-18-7-9-20(10-8-18)29-16-19(27)15-24-11-13-25(14-12-24)21-5-3-4-6-22(21)28-2/h3-10,19,27H,11-16H2,1-2H3,(H,23,26)/p+1/t19-/m0/s1. The van der Waals surface area contributed by atoms with Crippen molar-refractivity contribution in [2.24, 2.45) is 0 Å². The average Bonchev–Trinajstić information content (AvgIpc) is 2.73. The number of nitrogens with zero attached hydrogens (tertiary/aromatic N) is 1. The van der Waals surface area contributed by atoms with Crippen LogP contribution in [0.15, 0.2) is 48.5 Å². The molecule has 1 heterocycles. The van der Waals surface area contributed by atoms with Gasteiger partial charge in [-0.15, -0.1) is 0 Å². The molecule has 0 spiro atoms. The van der Waals surface area contributed by atoms with Gasteiger partial charge in [0, 0.05) is 12.6 Å². The lowest BCUT2D eigenvalue weighted by Crippen LogP contribution is -3.16. The summed E-state index contributed by atoms with van der Waals surface area (Å²) >= 11 is 0. The number of ether oxygens (including phenoxy) is 2. The van der Waals surface area contributed by atoms with Crippen molar-refractivity contribution in [1.29, 1.82) is 0 Å². The summed E-state index contributed by atoms with van der Waals surface area (Å²) in [5.74, 6) is 1.46. The fourth-order valence-electron chi connectivity index (χ4n) is 3.58. The van der Waals surface area contributed by atoms with Crippen molar-refractivity contribution >= 4 is 17.3 Å². The monoisotopic (exact) mass is 400 g/mol. The summed E-state index contributed by atoms with van der Waals surface area (Å²) in [5, 5.41) is 13.1. The predicted octanol–water partition coefficient (Wildman–Crippen LogP) is 0.798. The smallest absolute Gasteiger partial charge is 0.221 e. The molecule has 1 fully saturated rings. The molecular formula is C22H30N3O4+. The summed E-state index contributed by atoms with van der Waals surface area (Å²) < 4.78 is 11.2. The summed E-state index contributed by atoms with van der Waals surface area (Å²) in [6, 6.07) is 15.2. The van der Waals surface area contributed by atoms with Crippen LogP contribution >= 0.6 is 0 Å². The number of quaternary nitrogens is 1. The molecule has 1 aliphatic rings. The third-order valence-electron chi connectivity index (χ3n) is 5.04. The second-order valence-corrected chi connectivity index (χ2v) is 7.28. The van der Waals surface area contributed by atoms with E-state index in [-0.39, 0.29) is 12.5 Å². The van der Waals surface area contributed by atoms with Crippen molar-refractivity contribution in [2.75, 3.05) is 56.7 Å². The van der Waals surface area contributed by atoms with Crippen molar-refractivity contribution in [3.8, 4) is 11.5 Å². The Balaban J connectivity index is 1.41. The van der Waals surface area contributed by atoms with Gasteiger partial charge in [-0.2, -0.15) is 0 Å². The molecule has 0 unspecified atom stereocenters. The fraction of sp³-hybridized carbons (Fsp3) is 0.409. The second kappa shape index (κ2) is 10.1. The Morgan fingerprint density at radius 2 is 1.86 bits per heavy atom. The molecule has 0 radical (unpaired) electrons. The van der Waals surface area contributed by atoms with Crippen molar-refractivity contribution in [2.45, 2.75) is 13.0 Å². The largest absolute Gasteiger partial charge is 0.495 e. The Bertz CT molecular complexity index is 789. The lowest BCUT2D eigenvalue weighted by atomic mass is 10.2. The van der Waals surface area contributed by atoms with Crippen molar-refractivity contribution < 1.29 is 24.3 Å². The molecule has 7 nitrogen and oxygen atoms in total. The highest BCUT2D eigenvalue weighted by atomic mass is 16.5. The van der Waals surface area contributed by atoms with Gasteiger partial charge in [0.15, 0.2) is 0 Å². The van der Waals surface area contributed by atoms with Gasteiger partial charge in [-0.3, -0.25) is 4.79 Å². The first-order valence-electron chi connectivity index (χ1n) is 9.95. The van der Waals surface area contributed by atoms with Crippen LogP contribution in [-0.4, -0.2) is 63.6 Å². The molecule has 29 heavy (non-hydrogen) atoms. The first kappa shape index (κ1) is 21.0. The normalized spacial score (nSPS) is 15.6. The Labute approximate surface area is 171 Å². The number of rotatable bonds is 8. The molecule has 0 aliphatic carbocycles. The highest BCUT2D eigenvalue weighted by Gasteiger charge is 2.24. The maximum atomic E-state index is 11.0. The molecule has 1 atom stereocenters. The Morgan fingerprint density at radius 3 is 2.52 bits per heavy atom. The quantitative estimate of drug-likeness (QED) is 0.611. The number of para-hydroxylation sites is 2. The van der Waals surface area contributed by atoms with Gasteiger partial charge in [0.25, 0.3) is 0 Å². The van der Waals surface area contributed by atoms with Crippen LogP contribution in [0, 0.1) is 0 Å². The summed E-state index contributed by atoms with van der Waals surface area (Å²) in [6.45, 7) is 6.14. The molecule has 3 rings (SSSR count). The van der Waals surface area contributed by atoms with Gasteiger partial charge in [-0.1, -0.05) is 12.1 Å². The molecule has 0 aromatic heterocycles. The Hall–Kier alpha value is -2.77. The van der Waals surface area contributed by atoms with E-state index in [1.54, 1.807) is 31.4 Å². The van der Waals surface area contributed by atoms with E-state index < -0.39 is 6.10 Å². The van der Waals surface area contributed by atoms with E-state index in [1.807, 2.05) is 18.2 Å². The number of methoxy groups -OCH3 is 1. The molecule has 1 saturated heterocycles.